The normalized spacial score (nSPS) is 11.1. The Morgan fingerprint density at radius 1 is 1.06 bits per heavy atom. The van der Waals surface area contributed by atoms with Gasteiger partial charge in [0, 0.05) is 20.8 Å². The van der Waals surface area contributed by atoms with Gasteiger partial charge in [-0.15, -0.1) is 11.3 Å². The van der Waals surface area contributed by atoms with E-state index in [-0.39, 0.29) is 12.0 Å². The monoisotopic (exact) mass is 478 g/mol. The smallest absolute Gasteiger partial charge is 0.341 e. The van der Waals surface area contributed by atoms with E-state index in [1.165, 1.54) is 11.3 Å². The van der Waals surface area contributed by atoms with Crippen molar-refractivity contribution >= 4 is 50.7 Å². The number of hydrogen-bond acceptors (Lipinski definition) is 5. The van der Waals surface area contributed by atoms with E-state index in [1.54, 1.807) is 32.0 Å². The number of anilines is 1. The summed E-state index contributed by atoms with van der Waals surface area (Å²) < 4.78 is 5.41. The summed E-state index contributed by atoms with van der Waals surface area (Å²) in [7, 11) is 0. The number of thiophene rings is 1. The fourth-order valence-electron chi connectivity index (χ4n) is 3.54. The number of amides is 1. The first-order chi connectivity index (χ1) is 15.7. The molecule has 0 aliphatic rings. The highest BCUT2D eigenvalue weighted by atomic mass is 35.5. The van der Waals surface area contributed by atoms with Crippen LogP contribution in [0.15, 0.2) is 54.6 Å². The van der Waals surface area contributed by atoms with Crippen molar-refractivity contribution in [3.63, 3.8) is 0 Å². The molecule has 33 heavy (non-hydrogen) atoms. The number of carbonyl (C=O) groups is 2. The molecule has 168 valence electrons. The van der Waals surface area contributed by atoms with Crippen LogP contribution in [0.1, 0.15) is 45.0 Å². The molecule has 2 aromatic carbocycles. The molecule has 4 aromatic rings. The van der Waals surface area contributed by atoms with Gasteiger partial charge in [-0.2, -0.15) is 0 Å². The third-order valence-electron chi connectivity index (χ3n) is 5.26. The molecule has 0 aliphatic heterocycles. The van der Waals surface area contributed by atoms with Crippen LogP contribution in [0.3, 0.4) is 0 Å². The summed E-state index contributed by atoms with van der Waals surface area (Å²) in [6, 6.07) is 16.6. The van der Waals surface area contributed by atoms with E-state index < -0.39 is 5.97 Å². The first kappa shape index (κ1) is 23.0. The fraction of sp³-hybridized carbons (Fsp3) is 0.192. The van der Waals surface area contributed by atoms with Crippen LogP contribution in [-0.2, 0) is 4.74 Å². The Labute approximate surface area is 201 Å². The van der Waals surface area contributed by atoms with E-state index in [0.29, 0.717) is 32.4 Å². The van der Waals surface area contributed by atoms with Gasteiger partial charge in [0.25, 0.3) is 5.91 Å². The van der Waals surface area contributed by atoms with Gasteiger partial charge >= 0.3 is 5.97 Å². The van der Waals surface area contributed by atoms with Crippen molar-refractivity contribution in [2.75, 3.05) is 5.32 Å². The molecule has 4 rings (SSSR count). The first-order valence-electron chi connectivity index (χ1n) is 10.5. The maximum atomic E-state index is 13.5. The number of halogens is 1. The summed E-state index contributed by atoms with van der Waals surface area (Å²) in [5.74, 6) is -0.757. The Morgan fingerprint density at radius 3 is 2.45 bits per heavy atom. The van der Waals surface area contributed by atoms with Crippen molar-refractivity contribution in [2.45, 2.75) is 33.8 Å². The van der Waals surface area contributed by atoms with Gasteiger partial charge in [0.15, 0.2) is 0 Å². The van der Waals surface area contributed by atoms with E-state index in [1.807, 2.05) is 50.2 Å². The standard InChI is InChI=1S/C26H23ClN2O3S/c1-14(2)32-26(31)23-15(3)16(4)33-25(23)29-24(30)20-13-22(17-9-11-18(27)12-10-17)28-21-8-6-5-7-19(20)21/h5-14H,1-4H3,(H,29,30). The number of aromatic nitrogens is 1. The second-order valence-corrected chi connectivity index (χ2v) is 9.64. The van der Waals surface area contributed by atoms with Crippen molar-refractivity contribution in [3.8, 4) is 11.3 Å². The van der Waals surface area contributed by atoms with Gasteiger partial charge in [0.05, 0.1) is 28.4 Å². The number of nitrogens with one attached hydrogen (secondary N) is 1. The molecule has 0 unspecified atom stereocenters. The van der Waals surface area contributed by atoms with Gasteiger partial charge in [0.2, 0.25) is 0 Å². The molecule has 0 aliphatic carbocycles. The second kappa shape index (κ2) is 9.33. The number of ether oxygens (including phenoxy) is 1. The number of fused-ring (bicyclic) bond motifs is 1. The molecule has 2 heterocycles. The lowest BCUT2D eigenvalue weighted by molar-refractivity contribution is 0.0379. The predicted octanol–water partition coefficient (Wildman–Crippen LogP) is 7.05. The van der Waals surface area contributed by atoms with E-state index in [0.717, 1.165) is 21.4 Å². The lowest BCUT2D eigenvalue weighted by Crippen LogP contribution is -2.17. The highest BCUT2D eigenvalue weighted by molar-refractivity contribution is 7.16. The van der Waals surface area contributed by atoms with Crippen molar-refractivity contribution < 1.29 is 14.3 Å². The summed E-state index contributed by atoms with van der Waals surface area (Å²) >= 11 is 7.40. The summed E-state index contributed by atoms with van der Waals surface area (Å²) in [4.78, 5) is 31.9. The number of hydrogen-bond donors (Lipinski definition) is 1. The van der Waals surface area contributed by atoms with Gasteiger partial charge in [0.1, 0.15) is 5.00 Å². The zero-order chi connectivity index (χ0) is 23.7. The number of esters is 1. The summed E-state index contributed by atoms with van der Waals surface area (Å²) in [5.41, 5.74) is 3.89. The van der Waals surface area contributed by atoms with Crippen LogP contribution in [0.5, 0.6) is 0 Å². The van der Waals surface area contributed by atoms with Gasteiger partial charge in [-0.1, -0.05) is 41.9 Å². The van der Waals surface area contributed by atoms with E-state index in [4.69, 9.17) is 21.3 Å². The Kier molecular flexibility index (Phi) is 6.49. The van der Waals surface area contributed by atoms with Gasteiger partial charge in [-0.25, -0.2) is 9.78 Å². The molecule has 7 heteroatoms. The first-order valence-corrected chi connectivity index (χ1v) is 11.7. The molecular weight excluding hydrogens is 456 g/mol. The minimum atomic E-state index is -0.441. The number of para-hydroxylation sites is 1. The predicted molar refractivity (Wildman–Crippen MR) is 134 cm³/mol. The maximum absolute atomic E-state index is 13.5. The number of benzene rings is 2. The van der Waals surface area contributed by atoms with Crippen molar-refractivity contribution in [2.24, 2.45) is 0 Å². The highest BCUT2D eigenvalue weighted by Gasteiger charge is 2.24. The number of rotatable bonds is 5. The largest absolute Gasteiger partial charge is 0.459 e. The molecule has 2 aromatic heterocycles. The average molecular weight is 479 g/mol. The minimum absolute atomic E-state index is 0.258. The van der Waals surface area contributed by atoms with Gasteiger partial charge in [-0.05, 0) is 57.5 Å². The summed E-state index contributed by atoms with van der Waals surface area (Å²) in [6.07, 6.45) is -0.258. The molecule has 0 saturated heterocycles. The van der Waals surface area contributed by atoms with Crippen LogP contribution in [0.4, 0.5) is 5.00 Å². The molecule has 5 nitrogen and oxygen atoms in total. The quantitative estimate of drug-likeness (QED) is 0.312. The number of nitrogens with zero attached hydrogens (tertiary/aromatic N) is 1. The molecule has 0 bridgehead atoms. The Bertz CT molecular complexity index is 1360. The third kappa shape index (κ3) is 4.77. The molecule has 0 saturated carbocycles. The molecule has 1 N–H and O–H groups in total. The van der Waals surface area contributed by atoms with Crippen LogP contribution in [-0.4, -0.2) is 23.0 Å². The summed E-state index contributed by atoms with van der Waals surface area (Å²) in [5, 5.41) is 4.79. The second-order valence-electron chi connectivity index (χ2n) is 7.97. The third-order valence-corrected chi connectivity index (χ3v) is 6.63. The number of aryl methyl sites for hydroxylation is 1. The van der Waals surface area contributed by atoms with Gasteiger partial charge < -0.3 is 10.1 Å². The number of carbonyl (C=O) groups excluding carboxylic acids is 2. The van der Waals surface area contributed by atoms with Crippen LogP contribution >= 0.6 is 22.9 Å². The average Bonchev–Trinajstić information content (AvgIpc) is 3.05. The molecule has 0 fully saturated rings. The SMILES string of the molecule is Cc1sc(NC(=O)c2cc(-c3ccc(Cl)cc3)nc3ccccc23)c(C(=O)OC(C)C)c1C. The van der Waals surface area contributed by atoms with Crippen LogP contribution < -0.4 is 5.32 Å². The number of pyridine rings is 1. The molecule has 0 atom stereocenters. The van der Waals surface area contributed by atoms with Crippen molar-refractivity contribution in [3.05, 3.63) is 81.2 Å². The van der Waals surface area contributed by atoms with E-state index >= 15 is 0 Å². The summed E-state index contributed by atoms with van der Waals surface area (Å²) in [6.45, 7) is 7.37. The maximum Gasteiger partial charge on any atom is 0.341 e. The lowest BCUT2D eigenvalue weighted by atomic mass is 10.0. The Balaban J connectivity index is 1.77. The van der Waals surface area contributed by atoms with Gasteiger partial charge in [-0.3, -0.25) is 4.79 Å². The van der Waals surface area contributed by atoms with Crippen molar-refractivity contribution in [1.29, 1.82) is 0 Å². The van der Waals surface area contributed by atoms with E-state index in [9.17, 15) is 9.59 Å². The molecule has 0 radical (unpaired) electrons. The fourth-order valence-corrected chi connectivity index (χ4v) is 4.71. The Morgan fingerprint density at radius 2 is 1.76 bits per heavy atom. The zero-order valence-corrected chi connectivity index (χ0v) is 20.3. The van der Waals surface area contributed by atoms with Crippen LogP contribution in [0.25, 0.3) is 22.2 Å². The molecular formula is C26H23ClN2O3S. The molecule has 0 spiro atoms. The van der Waals surface area contributed by atoms with E-state index in [2.05, 4.69) is 5.32 Å². The zero-order valence-electron chi connectivity index (χ0n) is 18.7. The Hall–Kier alpha value is -3.22. The molecule has 1 amide bonds. The lowest BCUT2D eigenvalue weighted by Gasteiger charge is -2.12. The minimum Gasteiger partial charge on any atom is -0.459 e. The highest BCUT2D eigenvalue weighted by Crippen LogP contribution is 2.34. The van der Waals surface area contributed by atoms with Crippen LogP contribution in [0.2, 0.25) is 5.02 Å². The van der Waals surface area contributed by atoms with Crippen molar-refractivity contribution in [1.82, 2.24) is 4.98 Å². The topological polar surface area (TPSA) is 68.3 Å². The van der Waals surface area contributed by atoms with Crippen LogP contribution in [0, 0.1) is 13.8 Å².